The molecule has 0 aromatic carbocycles. The minimum absolute atomic E-state index is 0.0728. The van der Waals surface area contributed by atoms with Gasteiger partial charge >= 0.3 is 5.97 Å². The van der Waals surface area contributed by atoms with Crippen molar-refractivity contribution in [2.75, 3.05) is 33.8 Å². The zero-order valence-corrected chi connectivity index (χ0v) is 19.5. The number of likely N-dealkylation sites (N-methyl/N-ethyl adjacent to an activating group) is 1. The number of nitrogens with zero attached hydrogens (tertiary/aromatic N) is 1. The fourth-order valence-electron chi connectivity index (χ4n) is 3.55. The number of unbranched alkanes of at least 4 members (excludes halogenated alkanes) is 14. The molecule has 0 fully saturated rings. The lowest BCUT2D eigenvalue weighted by molar-refractivity contribution is -0.884. The van der Waals surface area contributed by atoms with Crippen LogP contribution in [0.4, 0.5) is 0 Å². The van der Waals surface area contributed by atoms with Crippen molar-refractivity contribution in [2.24, 2.45) is 0 Å². The number of aliphatic carboxylic acids is 1. The molecule has 0 aromatic heterocycles. The third-order valence-corrected chi connectivity index (χ3v) is 5.50. The van der Waals surface area contributed by atoms with E-state index in [1.807, 2.05) is 0 Å². The van der Waals surface area contributed by atoms with Crippen molar-refractivity contribution in [3.63, 3.8) is 0 Å². The molecule has 0 N–H and O–H groups in total. The van der Waals surface area contributed by atoms with Gasteiger partial charge in [0.15, 0.2) is 0 Å². The molecule has 0 heterocycles. The van der Waals surface area contributed by atoms with Gasteiger partial charge < -0.3 is 19.1 Å². The molecular formula is C24H47NO4. The lowest BCUT2D eigenvalue weighted by Gasteiger charge is -2.29. The van der Waals surface area contributed by atoms with Crippen molar-refractivity contribution in [1.29, 1.82) is 0 Å². The fraction of sp³-hybridized carbons (Fsp3) is 0.917. The van der Waals surface area contributed by atoms with Crippen LogP contribution in [-0.4, -0.2) is 50.2 Å². The zero-order chi connectivity index (χ0) is 21.8. The number of esters is 1. The molecule has 0 saturated heterocycles. The number of rotatable bonds is 21. The first kappa shape index (κ1) is 27.9. The quantitative estimate of drug-likeness (QED) is 0.156. The van der Waals surface area contributed by atoms with E-state index in [0.717, 1.165) is 12.8 Å². The van der Waals surface area contributed by atoms with Crippen LogP contribution in [0.1, 0.15) is 110 Å². The summed E-state index contributed by atoms with van der Waals surface area (Å²) in [6.07, 6.45) is 20.1. The molecule has 0 bridgehead atoms. The number of carbonyl (C=O) groups is 2. The van der Waals surface area contributed by atoms with Gasteiger partial charge in [-0.15, -0.1) is 0 Å². The Morgan fingerprint density at radius 3 is 1.55 bits per heavy atom. The number of carbonyl (C=O) groups excluding carboxylic acids is 2. The van der Waals surface area contributed by atoms with Crippen LogP contribution >= 0.6 is 0 Å². The van der Waals surface area contributed by atoms with Gasteiger partial charge in [-0.1, -0.05) is 96.8 Å². The Morgan fingerprint density at radius 1 is 0.724 bits per heavy atom. The second kappa shape index (κ2) is 18.9. The van der Waals surface area contributed by atoms with E-state index < -0.39 is 5.97 Å². The third-order valence-electron chi connectivity index (χ3n) is 5.50. The maximum Gasteiger partial charge on any atom is 0.305 e. The summed E-state index contributed by atoms with van der Waals surface area (Å²) in [5, 5.41) is 10.6. The molecule has 0 rings (SSSR count). The molecule has 0 aliphatic carbocycles. The molecule has 5 nitrogen and oxygen atoms in total. The number of quaternary nitrogens is 1. The Kier molecular flexibility index (Phi) is 18.2. The standard InChI is InChI=1S/C24H47NO4/c1-4-5-6-7-8-9-10-11-12-13-14-15-16-17-18-19-24(28)29-21-20-25(2,3)22-23(26)27/h4-22H2,1-3H3. The predicted molar refractivity (Wildman–Crippen MR) is 117 cm³/mol. The van der Waals surface area contributed by atoms with E-state index >= 15 is 0 Å². The van der Waals surface area contributed by atoms with Crippen LogP contribution in [0.2, 0.25) is 0 Å². The van der Waals surface area contributed by atoms with Crippen LogP contribution in [0, 0.1) is 0 Å². The van der Waals surface area contributed by atoms with Gasteiger partial charge in [-0.25, -0.2) is 0 Å². The summed E-state index contributed by atoms with van der Waals surface area (Å²) in [4.78, 5) is 22.4. The first-order valence-corrected chi connectivity index (χ1v) is 12.0. The van der Waals surface area contributed by atoms with Crippen molar-refractivity contribution in [3.8, 4) is 0 Å². The van der Waals surface area contributed by atoms with Gasteiger partial charge in [-0.2, -0.15) is 0 Å². The summed E-state index contributed by atoms with van der Waals surface area (Å²) in [7, 11) is 3.58. The Bertz CT molecular complexity index is 410. The van der Waals surface area contributed by atoms with E-state index in [2.05, 4.69) is 6.92 Å². The summed E-state index contributed by atoms with van der Waals surface area (Å²) in [5.41, 5.74) is 0. The lowest BCUT2D eigenvalue weighted by Crippen LogP contribution is -2.50. The Hall–Kier alpha value is -1.10. The Morgan fingerprint density at radius 2 is 1.14 bits per heavy atom. The molecule has 0 amide bonds. The van der Waals surface area contributed by atoms with Gasteiger partial charge in [0.25, 0.3) is 0 Å². The van der Waals surface area contributed by atoms with E-state index in [1.165, 1.54) is 83.5 Å². The first-order chi connectivity index (χ1) is 13.9. The zero-order valence-electron chi connectivity index (χ0n) is 19.5. The average Bonchev–Trinajstić information content (AvgIpc) is 2.63. The summed E-state index contributed by atoms with van der Waals surface area (Å²) < 4.78 is 5.47. The third kappa shape index (κ3) is 21.4. The highest BCUT2D eigenvalue weighted by Gasteiger charge is 2.16. The molecule has 0 spiro atoms. The minimum Gasteiger partial charge on any atom is -0.544 e. The molecule has 0 saturated carbocycles. The van der Waals surface area contributed by atoms with Crippen LogP contribution in [0.15, 0.2) is 0 Å². The molecule has 29 heavy (non-hydrogen) atoms. The lowest BCUT2D eigenvalue weighted by atomic mass is 10.0. The molecule has 0 unspecified atom stereocenters. The highest BCUT2D eigenvalue weighted by molar-refractivity contribution is 5.69. The normalized spacial score (nSPS) is 11.6. The van der Waals surface area contributed by atoms with E-state index in [9.17, 15) is 14.7 Å². The monoisotopic (exact) mass is 413 g/mol. The van der Waals surface area contributed by atoms with Crippen LogP contribution in [0.3, 0.4) is 0 Å². The van der Waals surface area contributed by atoms with Crippen molar-refractivity contribution in [1.82, 2.24) is 0 Å². The Labute approximate surface area is 179 Å². The second-order valence-electron chi connectivity index (χ2n) is 9.11. The number of hydrogen-bond donors (Lipinski definition) is 0. The molecule has 5 heteroatoms. The highest BCUT2D eigenvalue weighted by Crippen LogP contribution is 2.13. The van der Waals surface area contributed by atoms with Gasteiger partial charge in [-0.05, 0) is 6.42 Å². The van der Waals surface area contributed by atoms with E-state index in [1.54, 1.807) is 14.1 Å². The van der Waals surface area contributed by atoms with E-state index in [0.29, 0.717) is 13.0 Å². The number of carboxylic acid groups (broad SMARTS) is 1. The largest absolute Gasteiger partial charge is 0.544 e. The van der Waals surface area contributed by atoms with E-state index in [-0.39, 0.29) is 23.6 Å². The van der Waals surface area contributed by atoms with Gasteiger partial charge in [-0.3, -0.25) is 4.79 Å². The minimum atomic E-state index is -1.08. The molecule has 0 aliphatic rings. The van der Waals surface area contributed by atoms with Gasteiger partial charge in [0.2, 0.25) is 0 Å². The maximum absolute atomic E-state index is 11.7. The molecule has 0 aromatic rings. The molecule has 0 radical (unpaired) electrons. The fourth-order valence-corrected chi connectivity index (χ4v) is 3.55. The Balaban J connectivity index is 3.32. The molecule has 172 valence electrons. The van der Waals surface area contributed by atoms with Crippen molar-refractivity contribution in [3.05, 3.63) is 0 Å². The molecular weight excluding hydrogens is 366 g/mol. The number of carboxylic acids is 1. The summed E-state index contributed by atoms with van der Waals surface area (Å²) in [6, 6.07) is 0. The second-order valence-corrected chi connectivity index (χ2v) is 9.11. The van der Waals surface area contributed by atoms with E-state index in [4.69, 9.17) is 4.74 Å². The van der Waals surface area contributed by atoms with Crippen molar-refractivity contribution in [2.45, 2.75) is 110 Å². The molecule has 0 atom stereocenters. The topological polar surface area (TPSA) is 66.4 Å². The van der Waals surface area contributed by atoms with Gasteiger partial charge in [0, 0.05) is 6.42 Å². The first-order valence-electron chi connectivity index (χ1n) is 12.0. The summed E-state index contributed by atoms with van der Waals surface area (Å²) >= 11 is 0. The average molecular weight is 414 g/mol. The van der Waals surface area contributed by atoms with Gasteiger partial charge in [0.05, 0.1) is 20.1 Å². The van der Waals surface area contributed by atoms with Crippen LogP contribution < -0.4 is 5.11 Å². The predicted octanol–water partition coefficient (Wildman–Crippen LogP) is 4.62. The van der Waals surface area contributed by atoms with Crippen LogP contribution in [0.5, 0.6) is 0 Å². The number of ether oxygens (including phenoxy) is 1. The number of hydrogen-bond acceptors (Lipinski definition) is 4. The van der Waals surface area contributed by atoms with Gasteiger partial charge in [0.1, 0.15) is 19.7 Å². The summed E-state index contributed by atoms with van der Waals surface area (Å²) in [5.74, 6) is -1.26. The smallest absolute Gasteiger partial charge is 0.305 e. The van der Waals surface area contributed by atoms with Crippen LogP contribution in [0.25, 0.3) is 0 Å². The van der Waals surface area contributed by atoms with Crippen molar-refractivity contribution >= 4 is 11.9 Å². The maximum atomic E-state index is 11.7. The van der Waals surface area contributed by atoms with Crippen LogP contribution in [-0.2, 0) is 14.3 Å². The van der Waals surface area contributed by atoms with Crippen molar-refractivity contribution < 1.29 is 23.9 Å². The summed E-state index contributed by atoms with van der Waals surface area (Å²) in [6.45, 7) is 2.94. The highest BCUT2D eigenvalue weighted by atomic mass is 16.5. The SMILES string of the molecule is CCCCCCCCCCCCCCCCCC(=O)OCC[N+](C)(C)CC(=O)[O-]. The molecule has 0 aliphatic heterocycles.